The molecule has 1 aliphatic heterocycles. The van der Waals surface area contributed by atoms with Gasteiger partial charge in [0.2, 0.25) is 0 Å². The van der Waals surface area contributed by atoms with Crippen LogP contribution < -0.4 is 16.3 Å². The summed E-state index contributed by atoms with van der Waals surface area (Å²) in [5.41, 5.74) is -1.80. The molecular weight excluding hydrogens is 533 g/mol. The van der Waals surface area contributed by atoms with E-state index in [9.17, 15) is 24.1 Å². The van der Waals surface area contributed by atoms with Crippen LogP contribution in [0.1, 0.15) is 38.1 Å². The van der Waals surface area contributed by atoms with Crippen LogP contribution in [0, 0.1) is 12.3 Å². The monoisotopic (exact) mass is 567 g/mol. The molecule has 11 nitrogen and oxygen atoms in total. The number of hydrogen-bond acceptors (Lipinski definition) is 9. The zero-order chi connectivity index (χ0) is 28.0. The fourth-order valence-electron chi connectivity index (χ4n) is 3.32. The maximum absolute atomic E-state index is 13.6. The maximum Gasteiger partial charge on any atom is 0.405 e. The lowest BCUT2D eigenvalue weighted by Gasteiger charge is -2.28. The van der Waals surface area contributed by atoms with Crippen molar-refractivity contribution >= 4 is 24.6 Å². The van der Waals surface area contributed by atoms with Crippen LogP contribution in [0.3, 0.4) is 0 Å². The molecule has 1 unspecified atom stereocenters. The highest BCUT2D eigenvalue weighted by molar-refractivity contribution is 8.13. The van der Waals surface area contributed by atoms with Crippen LogP contribution in [-0.4, -0.2) is 50.9 Å². The Labute approximate surface area is 225 Å². The Morgan fingerprint density at radius 2 is 2.00 bits per heavy atom. The topological polar surface area (TPSA) is 149 Å². The molecule has 1 aromatic heterocycles. The normalized spacial score (nSPS) is 20.9. The molecule has 3 N–H and O–H groups in total. The lowest BCUT2D eigenvalue weighted by molar-refractivity contribution is -0.119. The SMILES string of the molecule is Cc1cn([C@H]2C=C[C@@](C)(COP(=O)(NCc3ccccc3)OCCSC(=O)C(C)(C)CO)O2)c(=O)[nH]c1=O. The molecule has 208 valence electrons. The van der Waals surface area contributed by atoms with Gasteiger partial charge >= 0.3 is 13.4 Å². The number of aromatic amines is 1. The van der Waals surface area contributed by atoms with Crippen molar-refractivity contribution in [3.8, 4) is 0 Å². The Balaban J connectivity index is 1.64. The van der Waals surface area contributed by atoms with Gasteiger partial charge in [-0.2, -0.15) is 0 Å². The van der Waals surface area contributed by atoms with Gasteiger partial charge in [0.05, 0.1) is 25.2 Å². The van der Waals surface area contributed by atoms with Crippen LogP contribution in [0.15, 0.2) is 58.3 Å². The van der Waals surface area contributed by atoms with Gasteiger partial charge in [0.15, 0.2) is 11.3 Å². The number of carbonyl (C=O) groups is 1. The van der Waals surface area contributed by atoms with Gasteiger partial charge in [-0.05, 0) is 39.3 Å². The number of nitrogens with one attached hydrogen (secondary N) is 2. The minimum Gasteiger partial charge on any atom is -0.395 e. The molecule has 3 atom stereocenters. The summed E-state index contributed by atoms with van der Waals surface area (Å²) in [6.45, 7) is 6.30. The van der Waals surface area contributed by atoms with Crippen molar-refractivity contribution in [1.29, 1.82) is 0 Å². The summed E-state index contributed by atoms with van der Waals surface area (Å²) >= 11 is 0.985. The zero-order valence-electron chi connectivity index (χ0n) is 21.8. The lowest BCUT2D eigenvalue weighted by Crippen LogP contribution is -2.36. The molecule has 0 spiro atoms. The van der Waals surface area contributed by atoms with Crippen LogP contribution in [0.4, 0.5) is 0 Å². The standard InChI is InChI=1S/C25H34N3O8PS/c1-18-15-28(23(32)27-21(18)30)20-10-11-25(4,36-20)17-35-37(33,26-14-19-8-6-5-7-9-19)34-12-13-38-22(31)24(2,3)16-29/h5-11,15,20,29H,12-14,16-17H2,1-4H3,(H,26,33)(H,27,30,32)/t20-,25+,37?/m1/s1. The van der Waals surface area contributed by atoms with Crippen molar-refractivity contribution in [2.75, 3.05) is 25.6 Å². The van der Waals surface area contributed by atoms with Crippen molar-refractivity contribution in [3.05, 3.63) is 80.6 Å². The molecule has 0 amide bonds. The number of thioether (sulfide) groups is 1. The number of rotatable bonds is 13. The van der Waals surface area contributed by atoms with Gasteiger partial charge < -0.3 is 9.84 Å². The molecule has 0 radical (unpaired) electrons. The Kier molecular flexibility index (Phi) is 10.1. The third kappa shape index (κ3) is 8.09. The fraction of sp³-hybridized carbons (Fsp3) is 0.480. The summed E-state index contributed by atoms with van der Waals surface area (Å²) in [5.74, 6) is 0.215. The van der Waals surface area contributed by atoms with Crippen molar-refractivity contribution in [2.45, 2.75) is 46.1 Å². The molecule has 2 aromatic rings. The summed E-state index contributed by atoms with van der Waals surface area (Å²) in [5, 5.41) is 12.0. The van der Waals surface area contributed by atoms with E-state index >= 15 is 0 Å². The van der Waals surface area contributed by atoms with E-state index in [1.54, 1.807) is 39.8 Å². The number of carbonyl (C=O) groups excluding carboxylic acids is 1. The smallest absolute Gasteiger partial charge is 0.395 e. The van der Waals surface area contributed by atoms with Gasteiger partial charge in [0.25, 0.3) is 5.56 Å². The van der Waals surface area contributed by atoms with Gasteiger partial charge in [-0.1, -0.05) is 48.2 Å². The van der Waals surface area contributed by atoms with Crippen LogP contribution in [0.2, 0.25) is 0 Å². The zero-order valence-corrected chi connectivity index (χ0v) is 23.6. The minimum atomic E-state index is -3.86. The van der Waals surface area contributed by atoms with Crippen molar-refractivity contribution in [3.63, 3.8) is 0 Å². The predicted molar refractivity (Wildman–Crippen MR) is 145 cm³/mol. The van der Waals surface area contributed by atoms with E-state index in [1.165, 1.54) is 10.8 Å². The van der Waals surface area contributed by atoms with Crippen LogP contribution in [-0.2, 0) is 29.7 Å². The highest BCUT2D eigenvalue weighted by Crippen LogP contribution is 2.46. The van der Waals surface area contributed by atoms with E-state index in [4.69, 9.17) is 13.8 Å². The summed E-state index contributed by atoms with van der Waals surface area (Å²) in [6.07, 6.45) is 3.96. The van der Waals surface area contributed by atoms with Crippen molar-refractivity contribution in [1.82, 2.24) is 14.6 Å². The molecule has 0 saturated heterocycles. The van der Waals surface area contributed by atoms with Gasteiger partial charge in [-0.15, -0.1) is 0 Å². The molecule has 0 aliphatic carbocycles. The van der Waals surface area contributed by atoms with E-state index in [1.807, 2.05) is 30.3 Å². The van der Waals surface area contributed by atoms with Crippen LogP contribution >= 0.6 is 19.5 Å². The molecular formula is C25H34N3O8PS. The lowest BCUT2D eigenvalue weighted by atomic mass is 9.97. The molecule has 1 aromatic carbocycles. The van der Waals surface area contributed by atoms with E-state index < -0.39 is 36.2 Å². The summed E-state index contributed by atoms with van der Waals surface area (Å²) in [7, 11) is -3.86. The number of nitrogens with zero attached hydrogens (tertiary/aromatic N) is 1. The van der Waals surface area contributed by atoms with Gasteiger partial charge in [0, 0.05) is 24.1 Å². The van der Waals surface area contributed by atoms with E-state index in [0.29, 0.717) is 5.56 Å². The third-order valence-electron chi connectivity index (χ3n) is 5.79. The average molecular weight is 568 g/mol. The van der Waals surface area contributed by atoms with E-state index in [0.717, 1.165) is 17.3 Å². The molecule has 0 fully saturated rings. The third-order valence-corrected chi connectivity index (χ3v) is 8.51. The highest BCUT2D eigenvalue weighted by Gasteiger charge is 2.36. The number of H-pyrrole nitrogens is 1. The number of aliphatic hydroxyl groups is 1. The fourth-order valence-corrected chi connectivity index (χ4v) is 5.65. The summed E-state index contributed by atoms with van der Waals surface area (Å²) < 4.78 is 32.2. The first kappa shape index (κ1) is 30.2. The first-order valence-electron chi connectivity index (χ1n) is 12.0. The Morgan fingerprint density at radius 3 is 2.68 bits per heavy atom. The van der Waals surface area contributed by atoms with Gasteiger partial charge in [-0.3, -0.25) is 28.2 Å². The maximum atomic E-state index is 13.6. The average Bonchev–Trinajstić information content (AvgIpc) is 3.29. The molecule has 13 heteroatoms. The predicted octanol–water partition coefficient (Wildman–Crippen LogP) is 2.90. The summed E-state index contributed by atoms with van der Waals surface area (Å²) in [4.78, 5) is 38.4. The van der Waals surface area contributed by atoms with Gasteiger partial charge in [-0.25, -0.2) is 14.4 Å². The van der Waals surface area contributed by atoms with E-state index in [2.05, 4.69) is 10.1 Å². The van der Waals surface area contributed by atoms with Crippen molar-refractivity contribution in [2.24, 2.45) is 5.41 Å². The quantitative estimate of drug-likeness (QED) is 0.187. The number of ether oxygens (including phenoxy) is 1. The summed E-state index contributed by atoms with van der Waals surface area (Å²) in [6, 6.07) is 9.30. The first-order chi connectivity index (χ1) is 17.9. The van der Waals surface area contributed by atoms with Crippen LogP contribution in [0.25, 0.3) is 0 Å². The highest BCUT2D eigenvalue weighted by atomic mass is 32.2. The number of aryl methyl sites for hydroxylation is 1. The number of aromatic nitrogens is 2. The van der Waals surface area contributed by atoms with Crippen LogP contribution in [0.5, 0.6) is 0 Å². The second kappa shape index (κ2) is 12.7. The number of aliphatic hydroxyl groups excluding tert-OH is 1. The largest absolute Gasteiger partial charge is 0.405 e. The molecule has 1 aliphatic rings. The second-order valence-electron chi connectivity index (χ2n) is 9.76. The Hall–Kier alpha value is -2.31. The van der Waals surface area contributed by atoms with Gasteiger partial charge in [0.1, 0.15) is 5.60 Å². The molecule has 0 saturated carbocycles. The number of hydrogen-bond donors (Lipinski definition) is 3. The molecule has 38 heavy (non-hydrogen) atoms. The first-order valence-corrected chi connectivity index (χ1v) is 14.5. The van der Waals surface area contributed by atoms with Crippen molar-refractivity contribution < 1.29 is 28.3 Å². The molecule has 3 rings (SSSR count). The Bertz CT molecular complexity index is 1310. The minimum absolute atomic E-state index is 0.0426. The molecule has 0 bridgehead atoms. The Morgan fingerprint density at radius 1 is 1.29 bits per heavy atom. The van der Waals surface area contributed by atoms with E-state index in [-0.39, 0.29) is 37.2 Å². The number of benzene rings is 1. The second-order valence-corrected chi connectivity index (χ2v) is 12.7. The molecule has 2 heterocycles.